The molecule has 6 nitrogen and oxygen atoms in total. The second-order valence-electron chi connectivity index (χ2n) is 8.88. The Morgan fingerprint density at radius 3 is 2.33 bits per heavy atom. The van der Waals surface area contributed by atoms with E-state index in [4.69, 9.17) is 4.74 Å². The fourth-order valence-corrected chi connectivity index (χ4v) is 5.28. The first-order valence-electron chi connectivity index (χ1n) is 12.0. The van der Waals surface area contributed by atoms with Crippen LogP contribution in [0.4, 0.5) is 0 Å². The quantitative estimate of drug-likeness (QED) is 0.459. The van der Waals surface area contributed by atoms with Crippen LogP contribution in [0.1, 0.15) is 64.0 Å². The maximum absolute atomic E-state index is 12.8. The standard InChI is InChI=1S/C26H36N2O4S/c1-3-4-18-32-24-16-14-22(15-17-24)20(2)28-26(29)23-12-10-21(11-13-23)19-27-33(30,31)25-8-6-5-7-9-25/h5-9,14-17,20-21,23,27H,3-4,10-13,18-19H2,1-2H3,(H,28,29). The number of benzene rings is 2. The molecule has 1 amide bonds. The molecular formula is C26H36N2O4S. The van der Waals surface area contributed by atoms with Crippen LogP contribution in [0.25, 0.3) is 0 Å². The van der Waals surface area contributed by atoms with Gasteiger partial charge in [-0.25, -0.2) is 13.1 Å². The third-order valence-corrected chi connectivity index (χ3v) is 7.78. The number of hydrogen-bond donors (Lipinski definition) is 2. The van der Waals surface area contributed by atoms with E-state index in [0.717, 1.165) is 56.4 Å². The highest BCUT2D eigenvalue weighted by molar-refractivity contribution is 7.89. The maximum atomic E-state index is 12.8. The van der Waals surface area contributed by atoms with Crippen molar-refractivity contribution >= 4 is 15.9 Å². The SMILES string of the molecule is CCCCOc1ccc(C(C)NC(=O)C2CCC(CNS(=O)(=O)c3ccccc3)CC2)cc1. The minimum atomic E-state index is -3.48. The lowest BCUT2D eigenvalue weighted by molar-refractivity contribution is -0.126. The van der Waals surface area contributed by atoms with Gasteiger partial charge in [-0.05, 0) is 74.8 Å². The second kappa shape index (κ2) is 12.2. The minimum Gasteiger partial charge on any atom is -0.494 e. The van der Waals surface area contributed by atoms with Crippen LogP contribution in [0.15, 0.2) is 59.5 Å². The van der Waals surface area contributed by atoms with Gasteiger partial charge in [0.25, 0.3) is 0 Å². The smallest absolute Gasteiger partial charge is 0.240 e. The lowest BCUT2D eigenvalue weighted by Gasteiger charge is -2.29. The third-order valence-electron chi connectivity index (χ3n) is 6.34. The zero-order valence-electron chi connectivity index (χ0n) is 19.6. The fourth-order valence-electron chi connectivity index (χ4n) is 4.14. The van der Waals surface area contributed by atoms with E-state index in [1.165, 1.54) is 0 Å². The predicted octanol–water partition coefficient (Wildman–Crippen LogP) is 4.83. The summed E-state index contributed by atoms with van der Waals surface area (Å²) in [4.78, 5) is 13.1. The average Bonchev–Trinajstić information content (AvgIpc) is 2.84. The summed E-state index contributed by atoms with van der Waals surface area (Å²) in [6, 6.07) is 16.3. The number of sulfonamides is 1. The zero-order chi connectivity index (χ0) is 23.7. The highest BCUT2D eigenvalue weighted by Crippen LogP contribution is 2.29. The Morgan fingerprint density at radius 1 is 1.03 bits per heavy atom. The molecule has 180 valence electrons. The van der Waals surface area contributed by atoms with E-state index in [9.17, 15) is 13.2 Å². The van der Waals surface area contributed by atoms with E-state index in [-0.39, 0.29) is 28.7 Å². The molecule has 0 spiro atoms. The second-order valence-corrected chi connectivity index (χ2v) is 10.7. The molecule has 2 aromatic carbocycles. The van der Waals surface area contributed by atoms with Crippen molar-refractivity contribution in [2.45, 2.75) is 63.3 Å². The number of ether oxygens (including phenoxy) is 1. The van der Waals surface area contributed by atoms with Crippen molar-refractivity contribution < 1.29 is 17.9 Å². The number of carbonyl (C=O) groups excluding carboxylic acids is 1. The Balaban J connectivity index is 1.41. The molecule has 2 N–H and O–H groups in total. The summed E-state index contributed by atoms with van der Waals surface area (Å²) < 4.78 is 33.2. The summed E-state index contributed by atoms with van der Waals surface area (Å²) in [7, 11) is -3.48. The first-order chi connectivity index (χ1) is 15.9. The van der Waals surface area contributed by atoms with Crippen LogP contribution in [0.2, 0.25) is 0 Å². The van der Waals surface area contributed by atoms with Gasteiger partial charge in [0.15, 0.2) is 0 Å². The molecule has 1 atom stereocenters. The van der Waals surface area contributed by atoms with Gasteiger partial charge in [0.2, 0.25) is 15.9 Å². The van der Waals surface area contributed by atoms with Crippen LogP contribution in [0.3, 0.4) is 0 Å². The molecule has 0 heterocycles. The van der Waals surface area contributed by atoms with Gasteiger partial charge in [0, 0.05) is 12.5 Å². The number of nitrogens with one attached hydrogen (secondary N) is 2. The molecule has 0 aromatic heterocycles. The van der Waals surface area contributed by atoms with Crippen molar-refractivity contribution in [2.75, 3.05) is 13.2 Å². The minimum absolute atomic E-state index is 0.0221. The van der Waals surface area contributed by atoms with Crippen LogP contribution in [-0.4, -0.2) is 27.5 Å². The highest BCUT2D eigenvalue weighted by Gasteiger charge is 2.28. The lowest BCUT2D eigenvalue weighted by Crippen LogP contribution is -2.37. The van der Waals surface area contributed by atoms with Gasteiger partial charge in [-0.1, -0.05) is 43.7 Å². The number of hydrogen-bond acceptors (Lipinski definition) is 4. The average molecular weight is 473 g/mol. The van der Waals surface area contributed by atoms with Crippen molar-refractivity contribution in [3.05, 3.63) is 60.2 Å². The highest BCUT2D eigenvalue weighted by atomic mass is 32.2. The van der Waals surface area contributed by atoms with Crippen LogP contribution in [-0.2, 0) is 14.8 Å². The van der Waals surface area contributed by atoms with Crippen molar-refractivity contribution in [3.8, 4) is 5.75 Å². The molecule has 0 saturated heterocycles. The van der Waals surface area contributed by atoms with E-state index >= 15 is 0 Å². The molecule has 1 saturated carbocycles. The van der Waals surface area contributed by atoms with Crippen LogP contribution >= 0.6 is 0 Å². The first kappa shape index (κ1) is 25.2. The van der Waals surface area contributed by atoms with Crippen molar-refractivity contribution in [3.63, 3.8) is 0 Å². The fraction of sp³-hybridized carbons (Fsp3) is 0.500. The summed E-state index contributed by atoms with van der Waals surface area (Å²) in [6.45, 7) is 5.26. The van der Waals surface area contributed by atoms with Gasteiger partial charge >= 0.3 is 0 Å². The molecule has 3 rings (SSSR count). The molecule has 1 aliphatic carbocycles. The summed E-state index contributed by atoms with van der Waals surface area (Å²) in [5.74, 6) is 1.16. The molecule has 1 fully saturated rings. The van der Waals surface area contributed by atoms with Gasteiger partial charge in [0.1, 0.15) is 5.75 Å². The van der Waals surface area contributed by atoms with Crippen LogP contribution in [0.5, 0.6) is 5.75 Å². The third kappa shape index (κ3) is 7.57. The Hall–Kier alpha value is -2.38. The normalized spacial score (nSPS) is 19.6. The Labute approximate surface area is 198 Å². The Kier molecular flexibility index (Phi) is 9.32. The molecule has 0 bridgehead atoms. The molecule has 2 aromatic rings. The van der Waals surface area contributed by atoms with Crippen molar-refractivity contribution in [1.82, 2.24) is 10.0 Å². The number of unbranched alkanes of at least 4 members (excludes halogenated alkanes) is 1. The van der Waals surface area contributed by atoms with E-state index in [2.05, 4.69) is 17.0 Å². The number of amides is 1. The Bertz CT molecular complexity index is 969. The summed E-state index contributed by atoms with van der Waals surface area (Å²) in [5, 5.41) is 3.14. The van der Waals surface area contributed by atoms with Crippen molar-refractivity contribution in [2.24, 2.45) is 11.8 Å². The Morgan fingerprint density at radius 2 is 1.70 bits per heavy atom. The summed E-state index contributed by atoms with van der Waals surface area (Å²) in [5.41, 5.74) is 1.05. The zero-order valence-corrected chi connectivity index (χ0v) is 20.4. The molecule has 33 heavy (non-hydrogen) atoms. The monoisotopic (exact) mass is 472 g/mol. The maximum Gasteiger partial charge on any atom is 0.240 e. The van der Waals surface area contributed by atoms with Gasteiger partial charge in [-0.2, -0.15) is 0 Å². The van der Waals surface area contributed by atoms with E-state index in [0.29, 0.717) is 6.54 Å². The molecular weight excluding hydrogens is 436 g/mol. The van der Waals surface area contributed by atoms with E-state index < -0.39 is 10.0 Å². The van der Waals surface area contributed by atoms with Crippen LogP contribution < -0.4 is 14.8 Å². The predicted molar refractivity (Wildman–Crippen MR) is 130 cm³/mol. The molecule has 1 aliphatic rings. The molecule has 7 heteroatoms. The number of carbonyl (C=O) groups is 1. The van der Waals surface area contributed by atoms with E-state index in [1.54, 1.807) is 30.3 Å². The topological polar surface area (TPSA) is 84.5 Å². The molecule has 1 unspecified atom stereocenters. The molecule has 0 radical (unpaired) electrons. The van der Waals surface area contributed by atoms with Gasteiger partial charge < -0.3 is 10.1 Å². The van der Waals surface area contributed by atoms with E-state index in [1.807, 2.05) is 31.2 Å². The summed E-state index contributed by atoms with van der Waals surface area (Å²) >= 11 is 0. The van der Waals surface area contributed by atoms with Crippen molar-refractivity contribution in [1.29, 1.82) is 0 Å². The molecule has 0 aliphatic heterocycles. The first-order valence-corrected chi connectivity index (χ1v) is 13.4. The van der Waals surface area contributed by atoms with Gasteiger partial charge in [-0.15, -0.1) is 0 Å². The van der Waals surface area contributed by atoms with Gasteiger partial charge in [0.05, 0.1) is 17.5 Å². The number of rotatable bonds is 11. The summed E-state index contributed by atoms with van der Waals surface area (Å²) in [6.07, 6.45) is 5.38. The largest absolute Gasteiger partial charge is 0.494 e. The van der Waals surface area contributed by atoms with Crippen LogP contribution in [0, 0.1) is 11.8 Å². The van der Waals surface area contributed by atoms with Gasteiger partial charge in [-0.3, -0.25) is 4.79 Å². The lowest BCUT2D eigenvalue weighted by atomic mass is 9.81.